The van der Waals surface area contributed by atoms with Gasteiger partial charge in [0.25, 0.3) is 0 Å². The summed E-state index contributed by atoms with van der Waals surface area (Å²) in [6.07, 6.45) is 5.39. The van der Waals surface area contributed by atoms with E-state index in [1.807, 2.05) is 12.2 Å². The zero-order valence-corrected chi connectivity index (χ0v) is 8.49. The zero-order chi connectivity index (χ0) is 9.26. The van der Waals surface area contributed by atoms with E-state index in [0.717, 1.165) is 0 Å². The number of carbonyl (C=O) groups excluding carboxylic acids is 1. The van der Waals surface area contributed by atoms with E-state index in [1.165, 1.54) is 0 Å². The van der Waals surface area contributed by atoms with Crippen LogP contribution in [0.25, 0.3) is 0 Å². The Bertz CT molecular complexity index is 283. The fraction of sp³-hybridized carbons (Fsp3) is 0.444. The first-order chi connectivity index (χ1) is 6.31. The van der Waals surface area contributed by atoms with Crippen LogP contribution >= 0.6 is 15.9 Å². The number of hydrogen-bond acceptors (Lipinski definition) is 3. The van der Waals surface area contributed by atoms with Gasteiger partial charge in [0.05, 0.1) is 5.33 Å². The Hall–Kier alpha value is -0.450. The number of Topliss-reactive ketones (excluding diaryl/α,β-unsaturated/α-hetero) is 1. The molecule has 13 heavy (non-hydrogen) atoms. The summed E-state index contributed by atoms with van der Waals surface area (Å²) in [5, 5.41) is 0.349. The van der Waals surface area contributed by atoms with E-state index >= 15 is 0 Å². The van der Waals surface area contributed by atoms with Gasteiger partial charge >= 0.3 is 0 Å². The number of carbonyl (C=O) groups is 1. The maximum Gasteiger partial charge on any atom is 0.173 e. The molecule has 0 aromatic heterocycles. The second-order valence-electron chi connectivity index (χ2n) is 2.92. The van der Waals surface area contributed by atoms with Crippen molar-refractivity contribution in [1.29, 1.82) is 0 Å². The van der Waals surface area contributed by atoms with E-state index in [1.54, 1.807) is 6.08 Å². The molecule has 70 valence electrons. The normalized spacial score (nSPS) is 31.3. The van der Waals surface area contributed by atoms with Crippen LogP contribution in [0.1, 0.15) is 0 Å². The molecule has 2 atom stereocenters. The van der Waals surface area contributed by atoms with Crippen molar-refractivity contribution >= 4 is 21.7 Å². The Labute approximate surface area is 84.5 Å². The molecule has 4 heteroatoms. The minimum absolute atomic E-state index is 0.00752. The number of ether oxygens (including phenoxy) is 2. The van der Waals surface area contributed by atoms with Gasteiger partial charge in [0.15, 0.2) is 5.78 Å². The van der Waals surface area contributed by atoms with Crippen molar-refractivity contribution in [1.82, 2.24) is 0 Å². The molecule has 1 aliphatic carbocycles. The fourth-order valence-corrected chi connectivity index (χ4v) is 1.71. The third-order valence-corrected chi connectivity index (χ3v) is 2.61. The molecule has 0 aromatic rings. The number of ketones is 1. The van der Waals surface area contributed by atoms with Crippen LogP contribution in [0.5, 0.6) is 0 Å². The predicted molar refractivity (Wildman–Crippen MR) is 50.6 cm³/mol. The molecule has 3 nitrogen and oxygen atoms in total. The molecule has 2 rings (SSSR count). The van der Waals surface area contributed by atoms with Gasteiger partial charge in [0.1, 0.15) is 19.0 Å². The third kappa shape index (κ3) is 1.75. The second-order valence-corrected chi connectivity index (χ2v) is 3.48. The van der Waals surface area contributed by atoms with Crippen molar-refractivity contribution < 1.29 is 14.3 Å². The Morgan fingerprint density at radius 3 is 3.08 bits per heavy atom. The number of rotatable bonds is 2. The largest absolute Gasteiger partial charge is 0.345 e. The van der Waals surface area contributed by atoms with E-state index in [9.17, 15) is 4.79 Å². The number of halogens is 1. The Morgan fingerprint density at radius 1 is 1.54 bits per heavy atom. The standard InChI is InChI=1S/C9H9BrO3/c10-4-7(11)6-1-2-8-9(3-6)13-5-12-8/h1-3,8-9H,4-5H2. The summed E-state index contributed by atoms with van der Waals surface area (Å²) in [4.78, 5) is 11.3. The van der Waals surface area contributed by atoms with Crippen molar-refractivity contribution in [2.75, 3.05) is 12.1 Å². The van der Waals surface area contributed by atoms with Crippen LogP contribution in [0.4, 0.5) is 0 Å². The van der Waals surface area contributed by atoms with Gasteiger partial charge in [-0.15, -0.1) is 0 Å². The average Bonchev–Trinajstić information content (AvgIpc) is 2.63. The summed E-state index contributed by atoms with van der Waals surface area (Å²) in [7, 11) is 0. The molecule has 0 radical (unpaired) electrons. The van der Waals surface area contributed by atoms with Gasteiger partial charge in [-0.1, -0.05) is 28.1 Å². The van der Waals surface area contributed by atoms with Crippen LogP contribution in [0.3, 0.4) is 0 Å². The Balaban J connectivity index is 2.15. The molecule has 0 spiro atoms. The highest BCUT2D eigenvalue weighted by atomic mass is 79.9. The van der Waals surface area contributed by atoms with Gasteiger partial charge in [0.2, 0.25) is 0 Å². The lowest BCUT2D eigenvalue weighted by Crippen LogP contribution is -2.22. The van der Waals surface area contributed by atoms with Crippen LogP contribution in [0, 0.1) is 0 Å². The predicted octanol–water partition coefficient (Wildman–Crippen LogP) is 1.19. The van der Waals surface area contributed by atoms with Gasteiger partial charge in [-0.25, -0.2) is 0 Å². The molecule has 1 fully saturated rings. The number of hydrogen-bond donors (Lipinski definition) is 0. The molecule has 0 amide bonds. The molecule has 0 N–H and O–H groups in total. The minimum Gasteiger partial charge on any atom is -0.345 e. The highest BCUT2D eigenvalue weighted by Crippen LogP contribution is 2.22. The van der Waals surface area contributed by atoms with Crippen LogP contribution < -0.4 is 0 Å². The smallest absolute Gasteiger partial charge is 0.173 e. The van der Waals surface area contributed by atoms with E-state index in [2.05, 4.69) is 15.9 Å². The van der Waals surface area contributed by atoms with Crippen LogP contribution in [0.2, 0.25) is 0 Å². The van der Waals surface area contributed by atoms with E-state index in [0.29, 0.717) is 17.7 Å². The van der Waals surface area contributed by atoms with Gasteiger partial charge in [-0.3, -0.25) is 4.79 Å². The Morgan fingerprint density at radius 2 is 2.31 bits per heavy atom. The molecule has 1 saturated heterocycles. The van der Waals surface area contributed by atoms with E-state index in [-0.39, 0.29) is 18.0 Å². The molecule has 0 bridgehead atoms. The van der Waals surface area contributed by atoms with Crippen LogP contribution in [-0.2, 0) is 14.3 Å². The molecule has 0 aromatic carbocycles. The molecule has 2 unspecified atom stereocenters. The summed E-state index contributed by atoms with van der Waals surface area (Å²) in [5.74, 6) is 0.0743. The van der Waals surface area contributed by atoms with E-state index < -0.39 is 0 Å². The lowest BCUT2D eigenvalue weighted by atomic mass is 10.0. The Kier molecular flexibility index (Phi) is 2.62. The van der Waals surface area contributed by atoms with Gasteiger partial charge in [-0.2, -0.15) is 0 Å². The third-order valence-electron chi connectivity index (χ3n) is 2.10. The number of fused-ring (bicyclic) bond motifs is 1. The summed E-state index contributed by atoms with van der Waals surface area (Å²) >= 11 is 3.13. The molecular formula is C9H9BrO3. The monoisotopic (exact) mass is 244 g/mol. The van der Waals surface area contributed by atoms with Crippen molar-refractivity contribution in [3.8, 4) is 0 Å². The lowest BCUT2D eigenvalue weighted by molar-refractivity contribution is -0.112. The average molecular weight is 245 g/mol. The van der Waals surface area contributed by atoms with Crippen LogP contribution in [0.15, 0.2) is 23.8 Å². The first-order valence-corrected chi connectivity index (χ1v) is 5.16. The van der Waals surface area contributed by atoms with Crippen LogP contribution in [-0.4, -0.2) is 30.1 Å². The molecule has 1 aliphatic heterocycles. The summed E-state index contributed by atoms with van der Waals surface area (Å²) in [6.45, 7) is 0.311. The number of alkyl halides is 1. The van der Waals surface area contributed by atoms with Gasteiger partial charge < -0.3 is 9.47 Å². The second kappa shape index (κ2) is 3.74. The molecular weight excluding hydrogens is 236 g/mol. The highest BCUT2D eigenvalue weighted by molar-refractivity contribution is 9.09. The maximum atomic E-state index is 11.3. The topological polar surface area (TPSA) is 35.5 Å². The zero-order valence-electron chi connectivity index (χ0n) is 6.90. The fourth-order valence-electron chi connectivity index (χ4n) is 1.39. The molecule has 1 heterocycles. The molecule has 0 saturated carbocycles. The molecule has 2 aliphatic rings. The maximum absolute atomic E-state index is 11.3. The van der Waals surface area contributed by atoms with Crippen molar-refractivity contribution in [2.24, 2.45) is 0 Å². The summed E-state index contributed by atoms with van der Waals surface area (Å²) in [5.41, 5.74) is 0.698. The van der Waals surface area contributed by atoms with E-state index in [4.69, 9.17) is 9.47 Å². The quantitative estimate of drug-likeness (QED) is 0.685. The summed E-state index contributed by atoms with van der Waals surface area (Å²) in [6, 6.07) is 0. The SMILES string of the molecule is O=C(CBr)C1=CC2OCOC2C=C1. The summed E-state index contributed by atoms with van der Waals surface area (Å²) < 4.78 is 10.5. The van der Waals surface area contributed by atoms with Gasteiger partial charge in [-0.05, 0) is 6.08 Å². The highest BCUT2D eigenvalue weighted by Gasteiger charge is 2.28. The lowest BCUT2D eigenvalue weighted by Gasteiger charge is -2.14. The first-order valence-electron chi connectivity index (χ1n) is 4.03. The van der Waals surface area contributed by atoms with Crippen molar-refractivity contribution in [3.63, 3.8) is 0 Å². The first kappa shape index (κ1) is 9.12. The number of allylic oxidation sites excluding steroid dienone is 2. The van der Waals surface area contributed by atoms with Crippen molar-refractivity contribution in [2.45, 2.75) is 12.2 Å². The minimum atomic E-state index is -0.0806. The van der Waals surface area contributed by atoms with Gasteiger partial charge in [0, 0.05) is 5.57 Å². The van der Waals surface area contributed by atoms with Crippen molar-refractivity contribution in [3.05, 3.63) is 23.8 Å².